The van der Waals surface area contributed by atoms with Gasteiger partial charge in [0.2, 0.25) is 0 Å². The maximum atomic E-state index is 13.1. The Morgan fingerprint density at radius 1 is 1.07 bits per heavy atom. The quantitative estimate of drug-likeness (QED) is 0.356. The molecule has 152 valence electrons. The van der Waals surface area contributed by atoms with Crippen LogP contribution in [0.4, 0.5) is 5.69 Å². The van der Waals surface area contributed by atoms with Gasteiger partial charge in [-0.25, -0.2) is 0 Å². The minimum atomic E-state index is -0.816. The fraction of sp³-hybridized carbons (Fsp3) is 0.167. The molecule has 2 heterocycles. The molecular weight excluding hydrogens is 398 g/mol. The van der Waals surface area contributed by atoms with Gasteiger partial charge >= 0.3 is 0 Å². The molecule has 4 rings (SSSR count). The highest BCUT2D eigenvalue weighted by Crippen LogP contribution is 2.46. The minimum absolute atomic E-state index is 0.0260. The monoisotopic (exact) mass is 419 g/mol. The lowest BCUT2D eigenvalue weighted by Crippen LogP contribution is -2.29. The van der Waals surface area contributed by atoms with E-state index in [4.69, 9.17) is 0 Å². The van der Waals surface area contributed by atoms with E-state index in [0.29, 0.717) is 5.56 Å². The van der Waals surface area contributed by atoms with Crippen molar-refractivity contribution < 1.29 is 19.8 Å². The first kappa shape index (κ1) is 19.9. The highest BCUT2D eigenvalue weighted by molar-refractivity contribution is 7.10. The number of rotatable bonds is 4. The normalized spacial score (nSPS) is 18.2. The van der Waals surface area contributed by atoms with Crippen molar-refractivity contribution in [1.82, 2.24) is 0 Å². The van der Waals surface area contributed by atoms with Crippen molar-refractivity contribution in [3.63, 3.8) is 0 Å². The predicted molar refractivity (Wildman–Crippen MR) is 118 cm³/mol. The van der Waals surface area contributed by atoms with E-state index in [-0.39, 0.29) is 22.8 Å². The van der Waals surface area contributed by atoms with Crippen LogP contribution in [-0.2, 0) is 16.0 Å². The summed E-state index contributed by atoms with van der Waals surface area (Å²) in [5.41, 5.74) is 2.74. The van der Waals surface area contributed by atoms with E-state index in [2.05, 4.69) is 0 Å². The number of anilines is 1. The number of carbonyl (C=O) groups is 2. The fourth-order valence-electron chi connectivity index (χ4n) is 3.72. The Labute approximate surface area is 178 Å². The lowest BCUT2D eigenvalue weighted by atomic mass is 9.97. The molecule has 0 radical (unpaired) electrons. The zero-order valence-corrected chi connectivity index (χ0v) is 17.4. The summed E-state index contributed by atoms with van der Waals surface area (Å²) in [5.74, 6) is -1.87. The highest BCUT2D eigenvalue weighted by atomic mass is 32.1. The molecule has 0 saturated carbocycles. The topological polar surface area (TPSA) is 77.8 Å². The average Bonchev–Trinajstić information content (AvgIpc) is 3.29. The van der Waals surface area contributed by atoms with E-state index in [9.17, 15) is 19.8 Å². The van der Waals surface area contributed by atoms with E-state index >= 15 is 0 Å². The van der Waals surface area contributed by atoms with E-state index in [1.165, 1.54) is 22.3 Å². The summed E-state index contributed by atoms with van der Waals surface area (Å²) in [6.07, 6.45) is 0.854. The molecule has 1 aliphatic heterocycles. The van der Waals surface area contributed by atoms with Crippen molar-refractivity contribution in [2.45, 2.75) is 26.3 Å². The molecule has 6 heteroatoms. The molecule has 30 heavy (non-hydrogen) atoms. The number of aliphatic hydroxyl groups is 1. The summed E-state index contributed by atoms with van der Waals surface area (Å²) in [5, 5.41) is 23.3. The van der Waals surface area contributed by atoms with Gasteiger partial charge in [-0.3, -0.25) is 14.5 Å². The number of benzene rings is 2. The maximum Gasteiger partial charge on any atom is 0.300 e. The number of phenols is 1. The van der Waals surface area contributed by atoms with E-state index < -0.39 is 17.7 Å². The van der Waals surface area contributed by atoms with Crippen molar-refractivity contribution in [3.05, 3.63) is 87.1 Å². The van der Waals surface area contributed by atoms with Gasteiger partial charge in [0.25, 0.3) is 11.7 Å². The van der Waals surface area contributed by atoms with Crippen LogP contribution in [0.15, 0.2) is 65.6 Å². The molecule has 1 fully saturated rings. The summed E-state index contributed by atoms with van der Waals surface area (Å²) in [4.78, 5) is 28.2. The Balaban J connectivity index is 1.94. The fourth-order valence-corrected chi connectivity index (χ4v) is 4.74. The van der Waals surface area contributed by atoms with Gasteiger partial charge < -0.3 is 10.2 Å². The Hall–Kier alpha value is -3.38. The summed E-state index contributed by atoms with van der Waals surface area (Å²) >= 11 is 1.40. The Kier molecular flexibility index (Phi) is 5.18. The molecule has 1 saturated heterocycles. The second-order valence-electron chi connectivity index (χ2n) is 7.18. The standard InChI is InChI=1S/C24H21NO4S/c1-3-15-8-10-16(11-9-15)21(27)19-20(23-14(2)12-13-30-23)25(24(29)22(19)28)17-6-4-5-7-18(17)26/h4-13,20,26-27H,3H2,1-2H3/b21-19-. The maximum absolute atomic E-state index is 13.1. The number of hydrogen-bond donors (Lipinski definition) is 2. The van der Waals surface area contributed by atoms with Crippen LogP contribution in [0.1, 0.15) is 34.5 Å². The molecule has 1 unspecified atom stereocenters. The van der Waals surface area contributed by atoms with Gasteiger partial charge in [-0.15, -0.1) is 11.3 Å². The largest absolute Gasteiger partial charge is 0.507 e. The molecule has 0 bridgehead atoms. The van der Waals surface area contributed by atoms with E-state index in [0.717, 1.165) is 22.4 Å². The van der Waals surface area contributed by atoms with Crippen molar-refractivity contribution in [1.29, 1.82) is 0 Å². The van der Waals surface area contributed by atoms with Crippen LogP contribution < -0.4 is 4.90 Å². The average molecular weight is 420 g/mol. The first-order chi connectivity index (χ1) is 14.4. The van der Waals surface area contributed by atoms with Crippen molar-refractivity contribution in [2.24, 2.45) is 0 Å². The third-order valence-electron chi connectivity index (χ3n) is 5.37. The van der Waals surface area contributed by atoms with Gasteiger partial charge in [0.05, 0.1) is 11.3 Å². The number of carbonyl (C=O) groups excluding carboxylic acids is 2. The number of thiophene rings is 1. The SMILES string of the molecule is CCc1ccc(/C(O)=C2/C(=O)C(=O)N(c3ccccc3O)C2c2sccc2C)cc1. The molecule has 2 aromatic carbocycles. The van der Waals surface area contributed by atoms with Gasteiger partial charge in [0, 0.05) is 10.4 Å². The van der Waals surface area contributed by atoms with Crippen LogP contribution >= 0.6 is 11.3 Å². The van der Waals surface area contributed by atoms with Crippen molar-refractivity contribution in [3.8, 4) is 5.75 Å². The molecule has 5 nitrogen and oxygen atoms in total. The first-order valence-corrected chi connectivity index (χ1v) is 10.5. The van der Waals surface area contributed by atoms with Gasteiger partial charge in [-0.1, -0.05) is 43.3 Å². The zero-order valence-electron chi connectivity index (χ0n) is 16.6. The summed E-state index contributed by atoms with van der Waals surface area (Å²) in [7, 11) is 0. The third-order valence-corrected chi connectivity index (χ3v) is 6.44. The molecule has 3 aromatic rings. The number of aliphatic hydroxyl groups excluding tert-OH is 1. The number of aromatic hydroxyl groups is 1. The van der Waals surface area contributed by atoms with Crippen molar-refractivity contribution >= 4 is 34.5 Å². The molecule has 1 aliphatic rings. The minimum Gasteiger partial charge on any atom is -0.507 e. The second-order valence-corrected chi connectivity index (χ2v) is 8.12. The molecule has 2 N–H and O–H groups in total. The molecule has 1 amide bonds. The molecular formula is C24H21NO4S. The molecule has 0 spiro atoms. The van der Waals surface area contributed by atoms with E-state index in [1.807, 2.05) is 37.4 Å². The van der Waals surface area contributed by atoms with Crippen LogP contribution in [0.2, 0.25) is 0 Å². The highest BCUT2D eigenvalue weighted by Gasteiger charge is 2.48. The van der Waals surface area contributed by atoms with E-state index in [1.54, 1.807) is 30.3 Å². The van der Waals surface area contributed by atoms with Gasteiger partial charge in [-0.2, -0.15) is 0 Å². The first-order valence-electron chi connectivity index (χ1n) is 9.66. The number of aryl methyl sites for hydroxylation is 2. The van der Waals surface area contributed by atoms with Gasteiger partial charge in [0.1, 0.15) is 17.6 Å². The Morgan fingerprint density at radius 3 is 2.37 bits per heavy atom. The number of hydrogen-bond acceptors (Lipinski definition) is 5. The van der Waals surface area contributed by atoms with Crippen LogP contribution in [0.25, 0.3) is 5.76 Å². The second kappa shape index (κ2) is 7.80. The van der Waals surface area contributed by atoms with Crippen LogP contribution in [0.3, 0.4) is 0 Å². The number of nitrogens with zero attached hydrogens (tertiary/aromatic N) is 1. The number of ketones is 1. The lowest BCUT2D eigenvalue weighted by Gasteiger charge is -2.25. The summed E-state index contributed by atoms with van der Waals surface area (Å²) in [6.45, 7) is 3.93. The van der Waals surface area contributed by atoms with Gasteiger partial charge in [0.15, 0.2) is 0 Å². The Bertz CT molecular complexity index is 1160. The lowest BCUT2D eigenvalue weighted by molar-refractivity contribution is -0.132. The number of amides is 1. The Morgan fingerprint density at radius 2 is 1.77 bits per heavy atom. The van der Waals surface area contributed by atoms with Crippen LogP contribution in [0, 0.1) is 6.92 Å². The van der Waals surface area contributed by atoms with Crippen molar-refractivity contribution in [2.75, 3.05) is 4.90 Å². The van der Waals surface area contributed by atoms with Gasteiger partial charge in [-0.05, 0) is 48.1 Å². The third kappa shape index (κ3) is 3.19. The molecule has 0 aliphatic carbocycles. The number of para-hydroxylation sites is 2. The van der Waals surface area contributed by atoms with Crippen LogP contribution in [-0.4, -0.2) is 21.9 Å². The molecule has 1 atom stereocenters. The molecule has 1 aromatic heterocycles. The zero-order chi connectivity index (χ0) is 21.4. The number of Topliss-reactive ketones (excluding diaryl/α,β-unsaturated/α-hetero) is 1. The van der Waals surface area contributed by atoms with Crippen LogP contribution in [0.5, 0.6) is 5.75 Å². The summed E-state index contributed by atoms with van der Waals surface area (Å²) in [6, 6.07) is 14.8. The number of phenolic OH excluding ortho intramolecular Hbond substituents is 1. The smallest absolute Gasteiger partial charge is 0.300 e. The predicted octanol–water partition coefficient (Wildman–Crippen LogP) is 4.95. The summed E-state index contributed by atoms with van der Waals surface area (Å²) < 4.78 is 0.